The first kappa shape index (κ1) is 17.4. The first-order valence-electron chi connectivity index (χ1n) is 7.76. The summed E-state index contributed by atoms with van der Waals surface area (Å²) < 4.78 is 0. The lowest BCUT2D eigenvalue weighted by Crippen LogP contribution is -2.19. The highest BCUT2D eigenvalue weighted by Gasteiger charge is 2.08. The van der Waals surface area contributed by atoms with Crippen molar-refractivity contribution in [1.82, 2.24) is 4.98 Å². The zero-order chi connectivity index (χ0) is 18.4. The van der Waals surface area contributed by atoms with Gasteiger partial charge in [-0.2, -0.15) is 0 Å². The molecule has 2 aromatic carbocycles. The first-order chi connectivity index (χ1) is 12.6. The van der Waals surface area contributed by atoms with Crippen molar-refractivity contribution in [1.29, 1.82) is 0 Å². The fourth-order valence-corrected chi connectivity index (χ4v) is 2.31. The molecule has 26 heavy (non-hydrogen) atoms. The van der Waals surface area contributed by atoms with E-state index in [-0.39, 0.29) is 11.9 Å². The quantitative estimate of drug-likeness (QED) is 0.588. The number of halogens is 1. The third kappa shape index (κ3) is 4.81. The van der Waals surface area contributed by atoms with Crippen molar-refractivity contribution >= 4 is 40.6 Å². The molecule has 0 spiro atoms. The summed E-state index contributed by atoms with van der Waals surface area (Å²) in [7, 11) is 0. The molecule has 3 N–H and O–H groups in total. The van der Waals surface area contributed by atoms with E-state index >= 15 is 0 Å². The van der Waals surface area contributed by atoms with Crippen LogP contribution < -0.4 is 16.0 Å². The van der Waals surface area contributed by atoms with Gasteiger partial charge in [-0.3, -0.25) is 4.79 Å². The largest absolute Gasteiger partial charge is 0.323 e. The normalized spacial score (nSPS) is 10.0. The average molecular weight is 367 g/mol. The van der Waals surface area contributed by atoms with Gasteiger partial charge in [0.25, 0.3) is 5.91 Å². The minimum Gasteiger partial charge on any atom is -0.322 e. The number of pyridine rings is 1. The fourth-order valence-electron chi connectivity index (χ4n) is 2.20. The number of aromatic nitrogens is 1. The number of hydrogen-bond acceptors (Lipinski definition) is 3. The molecule has 7 heteroatoms. The Balaban J connectivity index is 1.63. The molecule has 0 saturated heterocycles. The molecule has 3 amide bonds. The summed E-state index contributed by atoms with van der Waals surface area (Å²) in [5.74, 6) is -0.319. The van der Waals surface area contributed by atoms with Crippen LogP contribution in [0.5, 0.6) is 0 Å². The van der Waals surface area contributed by atoms with E-state index in [9.17, 15) is 9.59 Å². The van der Waals surface area contributed by atoms with Crippen LogP contribution in [0.1, 0.15) is 10.4 Å². The van der Waals surface area contributed by atoms with Gasteiger partial charge in [-0.25, -0.2) is 9.78 Å². The first-order valence-corrected chi connectivity index (χ1v) is 8.14. The third-order valence-corrected chi connectivity index (χ3v) is 3.62. The standard InChI is InChI=1S/C19H15ClN4O2/c20-17-10-9-13(12-21-17)18(25)22-15-7-4-8-16(11-15)24-19(26)23-14-5-2-1-3-6-14/h1-12H,(H,22,25)(H2,23,24,26). The number of carbonyl (C=O) groups is 2. The van der Waals surface area contributed by atoms with Crippen LogP contribution in [0.2, 0.25) is 5.15 Å². The van der Waals surface area contributed by atoms with Crippen molar-refractivity contribution in [2.75, 3.05) is 16.0 Å². The van der Waals surface area contributed by atoms with Gasteiger partial charge in [0.15, 0.2) is 0 Å². The average Bonchev–Trinajstić information content (AvgIpc) is 2.63. The van der Waals surface area contributed by atoms with Crippen LogP contribution in [-0.2, 0) is 0 Å². The van der Waals surface area contributed by atoms with Crippen molar-refractivity contribution in [3.8, 4) is 0 Å². The number of hydrogen-bond donors (Lipinski definition) is 3. The molecular formula is C19H15ClN4O2. The van der Waals surface area contributed by atoms with E-state index in [2.05, 4.69) is 20.9 Å². The van der Waals surface area contributed by atoms with Crippen LogP contribution in [0.15, 0.2) is 72.9 Å². The molecule has 3 rings (SSSR count). The number of nitrogens with one attached hydrogen (secondary N) is 3. The summed E-state index contributed by atoms with van der Waals surface area (Å²) in [6, 6.07) is 18.7. The maximum absolute atomic E-state index is 12.2. The number of carbonyl (C=O) groups excluding carboxylic acids is 2. The molecule has 0 aliphatic rings. The van der Waals surface area contributed by atoms with E-state index in [1.54, 1.807) is 48.5 Å². The Hall–Kier alpha value is -3.38. The van der Waals surface area contributed by atoms with Crippen molar-refractivity contribution in [3.63, 3.8) is 0 Å². The van der Waals surface area contributed by atoms with Gasteiger partial charge >= 0.3 is 6.03 Å². The molecule has 0 atom stereocenters. The molecule has 3 aromatic rings. The van der Waals surface area contributed by atoms with Crippen molar-refractivity contribution < 1.29 is 9.59 Å². The van der Waals surface area contributed by atoms with Gasteiger partial charge < -0.3 is 16.0 Å². The number of amides is 3. The van der Waals surface area contributed by atoms with Crippen LogP contribution in [-0.4, -0.2) is 16.9 Å². The van der Waals surface area contributed by atoms with Gasteiger partial charge in [-0.05, 0) is 42.5 Å². The topological polar surface area (TPSA) is 83.1 Å². The number of rotatable bonds is 4. The number of urea groups is 1. The monoisotopic (exact) mass is 366 g/mol. The minimum atomic E-state index is -0.374. The van der Waals surface area contributed by atoms with E-state index in [0.29, 0.717) is 27.8 Å². The molecular weight excluding hydrogens is 352 g/mol. The number of anilines is 3. The van der Waals surface area contributed by atoms with Gasteiger partial charge in [0, 0.05) is 23.3 Å². The molecule has 0 aliphatic carbocycles. The Morgan fingerprint density at radius 3 is 2.12 bits per heavy atom. The molecule has 0 radical (unpaired) electrons. The molecule has 0 unspecified atom stereocenters. The highest BCUT2D eigenvalue weighted by molar-refractivity contribution is 6.29. The molecule has 0 fully saturated rings. The fraction of sp³-hybridized carbons (Fsp3) is 0. The van der Waals surface area contributed by atoms with Gasteiger partial charge in [0.1, 0.15) is 5.15 Å². The van der Waals surface area contributed by atoms with Crippen LogP contribution in [0.25, 0.3) is 0 Å². The smallest absolute Gasteiger partial charge is 0.322 e. The van der Waals surface area contributed by atoms with E-state index in [1.165, 1.54) is 6.20 Å². The van der Waals surface area contributed by atoms with Crippen molar-refractivity contribution in [2.45, 2.75) is 0 Å². The zero-order valence-electron chi connectivity index (χ0n) is 13.6. The van der Waals surface area contributed by atoms with Gasteiger partial charge in [-0.15, -0.1) is 0 Å². The lowest BCUT2D eigenvalue weighted by atomic mass is 10.2. The zero-order valence-corrected chi connectivity index (χ0v) is 14.3. The Kier molecular flexibility index (Phi) is 5.46. The number of nitrogens with zero attached hydrogens (tertiary/aromatic N) is 1. The number of benzene rings is 2. The maximum atomic E-state index is 12.2. The summed E-state index contributed by atoms with van der Waals surface area (Å²) >= 11 is 5.71. The van der Waals surface area contributed by atoms with Gasteiger partial charge in [0.05, 0.1) is 5.56 Å². The van der Waals surface area contributed by atoms with Gasteiger partial charge in [-0.1, -0.05) is 35.9 Å². The Bertz CT molecular complexity index is 914. The SMILES string of the molecule is O=C(Nc1ccccc1)Nc1cccc(NC(=O)c2ccc(Cl)nc2)c1. The Morgan fingerprint density at radius 1 is 0.769 bits per heavy atom. The predicted octanol–water partition coefficient (Wildman–Crippen LogP) is 4.63. The summed E-state index contributed by atoms with van der Waals surface area (Å²) in [4.78, 5) is 28.1. The van der Waals surface area contributed by atoms with E-state index < -0.39 is 0 Å². The second-order valence-corrected chi connectivity index (χ2v) is 5.74. The van der Waals surface area contributed by atoms with Crippen molar-refractivity contribution in [3.05, 3.63) is 83.6 Å². The van der Waals surface area contributed by atoms with Crippen LogP contribution >= 0.6 is 11.6 Å². The lowest BCUT2D eigenvalue weighted by molar-refractivity contribution is 0.102. The molecule has 0 saturated carbocycles. The molecule has 130 valence electrons. The van der Waals surface area contributed by atoms with Crippen LogP contribution in [0.3, 0.4) is 0 Å². The molecule has 6 nitrogen and oxygen atoms in total. The molecule has 1 aromatic heterocycles. The Labute approximate surface area is 155 Å². The van der Waals surface area contributed by atoms with E-state index in [0.717, 1.165) is 0 Å². The third-order valence-electron chi connectivity index (χ3n) is 3.40. The summed E-state index contributed by atoms with van der Waals surface area (Å²) in [5, 5.41) is 8.51. The highest BCUT2D eigenvalue weighted by Crippen LogP contribution is 2.17. The second kappa shape index (κ2) is 8.13. The van der Waals surface area contributed by atoms with Crippen LogP contribution in [0.4, 0.5) is 21.9 Å². The summed E-state index contributed by atoms with van der Waals surface area (Å²) in [6.45, 7) is 0. The molecule has 0 bridgehead atoms. The minimum absolute atomic E-state index is 0.317. The Morgan fingerprint density at radius 2 is 1.42 bits per heavy atom. The molecule has 1 heterocycles. The van der Waals surface area contributed by atoms with Crippen LogP contribution in [0, 0.1) is 0 Å². The highest BCUT2D eigenvalue weighted by atomic mass is 35.5. The summed E-state index contributed by atoms with van der Waals surface area (Å²) in [5.41, 5.74) is 2.16. The summed E-state index contributed by atoms with van der Waals surface area (Å²) in [6.07, 6.45) is 1.40. The van der Waals surface area contributed by atoms with E-state index in [1.807, 2.05) is 18.2 Å². The number of para-hydroxylation sites is 1. The molecule has 0 aliphatic heterocycles. The second-order valence-electron chi connectivity index (χ2n) is 5.35. The maximum Gasteiger partial charge on any atom is 0.323 e. The van der Waals surface area contributed by atoms with Crippen molar-refractivity contribution in [2.24, 2.45) is 0 Å². The predicted molar refractivity (Wildman–Crippen MR) is 103 cm³/mol. The van der Waals surface area contributed by atoms with E-state index in [4.69, 9.17) is 11.6 Å². The lowest BCUT2D eigenvalue weighted by Gasteiger charge is -2.10. The van der Waals surface area contributed by atoms with Gasteiger partial charge in [0.2, 0.25) is 0 Å².